The normalized spacial score (nSPS) is 12.7. The Labute approximate surface area is 116 Å². The summed E-state index contributed by atoms with van der Waals surface area (Å²) in [5.74, 6) is 0.119. The van der Waals surface area contributed by atoms with Gasteiger partial charge in [0.05, 0.1) is 5.69 Å². The van der Waals surface area contributed by atoms with Crippen LogP contribution in [0.15, 0.2) is 30.3 Å². The van der Waals surface area contributed by atoms with Gasteiger partial charge in [-0.1, -0.05) is 18.2 Å². The van der Waals surface area contributed by atoms with E-state index < -0.39 is 12.7 Å². The Morgan fingerprint density at radius 2 is 2.05 bits per heavy atom. The number of ether oxygens (including phenoxy) is 1. The van der Waals surface area contributed by atoms with E-state index in [1.165, 1.54) is 6.07 Å². The third-order valence-electron chi connectivity index (χ3n) is 3.06. The van der Waals surface area contributed by atoms with E-state index in [4.69, 9.17) is 5.73 Å². The van der Waals surface area contributed by atoms with Gasteiger partial charge in [0, 0.05) is 30.8 Å². The summed E-state index contributed by atoms with van der Waals surface area (Å²) < 4.78 is 31.0. The Morgan fingerprint density at radius 1 is 1.35 bits per heavy atom. The lowest BCUT2D eigenvalue weighted by Gasteiger charge is -2.16. The molecule has 6 heteroatoms. The Hall–Kier alpha value is -1.95. The van der Waals surface area contributed by atoms with Crippen LogP contribution in [0.5, 0.6) is 5.75 Å². The minimum Gasteiger partial charge on any atom is -0.434 e. The van der Waals surface area contributed by atoms with Crippen LogP contribution in [0.3, 0.4) is 0 Å². The van der Waals surface area contributed by atoms with Crippen molar-refractivity contribution in [2.75, 3.05) is 0 Å². The second-order valence-corrected chi connectivity index (χ2v) is 4.63. The number of hydrogen-bond donors (Lipinski definition) is 1. The number of rotatable bonds is 5. The molecule has 1 unspecified atom stereocenters. The molecule has 2 N–H and O–H groups in total. The largest absolute Gasteiger partial charge is 0.434 e. The summed E-state index contributed by atoms with van der Waals surface area (Å²) in [6.07, 6.45) is 0.501. The van der Waals surface area contributed by atoms with E-state index in [2.05, 4.69) is 9.84 Å². The van der Waals surface area contributed by atoms with Crippen molar-refractivity contribution in [2.45, 2.75) is 26.0 Å². The maximum absolute atomic E-state index is 12.4. The molecule has 0 radical (unpaired) electrons. The molecule has 1 aromatic carbocycles. The molecule has 0 saturated heterocycles. The lowest BCUT2D eigenvalue weighted by atomic mass is 10.0. The highest BCUT2D eigenvalue weighted by molar-refractivity contribution is 5.36. The fourth-order valence-electron chi connectivity index (χ4n) is 2.18. The molecule has 4 nitrogen and oxygen atoms in total. The van der Waals surface area contributed by atoms with Crippen molar-refractivity contribution in [3.05, 3.63) is 47.3 Å². The summed E-state index contributed by atoms with van der Waals surface area (Å²) in [5.41, 5.74) is 8.52. The molecule has 1 aromatic heterocycles. The molecule has 0 spiro atoms. The molecule has 0 aliphatic rings. The second kappa shape index (κ2) is 6.00. The van der Waals surface area contributed by atoms with Crippen LogP contribution in [0.25, 0.3) is 0 Å². The number of hydrogen-bond acceptors (Lipinski definition) is 3. The van der Waals surface area contributed by atoms with Crippen molar-refractivity contribution >= 4 is 0 Å². The van der Waals surface area contributed by atoms with Gasteiger partial charge in [0.25, 0.3) is 0 Å². The Morgan fingerprint density at radius 3 is 2.65 bits per heavy atom. The number of nitrogens with zero attached hydrogens (tertiary/aromatic N) is 2. The van der Waals surface area contributed by atoms with Crippen LogP contribution in [0.4, 0.5) is 8.78 Å². The summed E-state index contributed by atoms with van der Waals surface area (Å²) in [5, 5.41) is 4.24. The van der Waals surface area contributed by atoms with Crippen LogP contribution in [0, 0.1) is 6.92 Å². The molecule has 2 rings (SSSR count). The fraction of sp³-hybridized carbons (Fsp3) is 0.357. The summed E-state index contributed by atoms with van der Waals surface area (Å²) in [6.45, 7) is -0.967. The topological polar surface area (TPSA) is 53.1 Å². The molecule has 0 bridgehead atoms. The van der Waals surface area contributed by atoms with E-state index in [1.807, 2.05) is 20.0 Å². The van der Waals surface area contributed by atoms with Crippen molar-refractivity contribution < 1.29 is 13.5 Å². The van der Waals surface area contributed by atoms with Crippen LogP contribution in [-0.2, 0) is 13.5 Å². The first-order valence-corrected chi connectivity index (χ1v) is 6.26. The maximum Gasteiger partial charge on any atom is 0.387 e. The summed E-state index contributed by atoms with van der Waals surface area (Å²) in [7, 11) is 1.83. The smallest absolute Gasteiger partial charge is 0.387 e. The van der Waals surface area contributed by atoms with E-state index in [1.54, 1.807) is 22.9 Å². The lowest BCUT2D eigenvalue weighted by molar-refractivity contribution is -0.0506. The first-order chi connectivity index (χ1) is 9.47. The van der Waals surface area contributed by atoms with Gasteiger partial charge in [-0.3, -0.25) is 4.68 Å². The molecule has 1 atom stereocenters. The Balaban J connectivity index is 2.20. The zero-order valence-corrected chi connectivity index (χ0v) is 11.4. The second-order valence-electron chi connectivity index (χ2n) is 4.63. The van der Waals surface area contributed by atoms with Gasteiger partial charge in [-0.15, -0.1) is 0 Å². The average Bonchev–Trinajstić information content (AvgIpc) is 2.67. The average molecular weight is 281 g/mol. The van der Waals surface area contributed by atoms with Gasteiger partial charge in [0.15, 0.2) is 0 Å². The summed E-state index contributed by atoms with van der Waals surface area (Å²) >= 11 is 0. The molecule has 2 aromatic rings. The van der Waals surface area contributed by atoms with Crippen LogP contribution in [-0.4, -0.2) is 16.4 Å². The first-order valence-electron chi connectivity index (χ1n) is 6.26. The number of aryl methyl sites for hydroxylation is 2. The zero-order chi connectivity index (χ0) is 14.7. The van der Waals surface area contributed by atoms with E-state index in [0.717, 1.165) is 11.4 Å². The molecular weight excluding hydrogens is 264 g/mol. The van der Waals surface area contributed by atoms with Gasteiger partial charge in [0.2, 0.25) is 0 Å². The molecule has 0 saturated carbocycles. The lowest BCUT2D eigenvalue weighted by Crippen LogP contribution is -2.17. The molecule has 0 amide bonds. The highest BCUT2D eigenvalue weighted by atomic mass is 19.3. The van der Waals surface area contributed by atoms with Crippen molar-refractivity contribution in [3.63, 3.8) is 0 Å². The van der Waals surface area contributed by atoms with Crippen molar-refractivity contribution in [1.82, 2.24) is 9.78 Å². The van der Waals surface area contributed by atoms with Gasteiger partial charge >= 0.3 is 6.61 Å². The van der Waals surface area contributed by atoms with Gasteiger partial charge in [-0.2, -0.15) is 13.9 Å². The van der Waals surface area contributed by atoms with Gasteiger partial charge in [0.1, 0.15) is 5.75 Å². The minimum absolute atomic E-state index is 0.119. The predicted molar refractivity (Wildman–Crippen MR) is 71.7 cm³/mol. The molecule has 0 aliphatic carbocycles. The molecular formula is C14H17F2N3O. The van der Waals surface area contributed by atoms with Crippen LogP contribution >= 0.6 is 0 Å². The fourth-order valence-corrected chi connectivity index (χ4v) is 2.18. The Kier molecular flexibility index (Phi) is 4.34. The minimum atomic E-state index is -2.86. The number of aromatic nitrogens is 2. The maximum atomic E-state index is 12.4. The molecule has 20 heavy (non-hydrogen) atoms. The van der Waals surface area contributed by atoms with Crippen molar-refractivity contribution in [3.8, 4) is 5.75 Å². The van der Waals surface area contributed by atoms with E-state index in [-0.39, 0.29) is 5.75 Å². The standard InChI is InChI=1S/C14H17F2N3O/c1-9-7-10(19(2)18-9)8-12(17)11-5-3-4-6-13(11)20-14(15)16/h3-7,12,14H,8,17H2,1-2H3. The monoisotopic (exact) mass is 281 g/mol. The van der Waals surface area contributed by atoms with E-state index in [0.29, 0.717) is 12.0 Å². The van der Waals surface area contributed by atoms with Crippen molar-refractivity contribution in [2.24, 2.45) is 12.8 Å². The van der Waals surface area contributed by atoms with Crippen LogP contribution < -0.4 is 10.5 Å². The highest BCUT2D eigenvalue weighted by Crippen LogP contribution is 2.27. The number of benzene rings is 1. The van der Waals surface area contributed by atoms with Gasteiger partial charge in [-0.05, 0) is 19.1 Å². The highest BCUT2D eigenvalue weighted by Gasteiger charge is 2.16. The summed E-state index contributed by atoms with van der Waals surface area (Å²) in [6, 6.07) is 8.09. The molecule has 0 aliphatic heterocycles. The van der Waals surface area contributed by atoms with E-state index >= 15 is 0 Å². The van der Waals surface area contributed by atoms with E-state index in [9.17, 15) is 8.78 Å². The number of nitrogens with two attached hydrogens (primary N) is 1. The third kappa shape index (κ3) is 3.33. The number of halogens is 2. The molecule has 108 valence electrons. The zero-order valence-electron chi connectivity index (χ0n) is 11.4. The molecule has 0 fully saturated rings. The Bertz CT molecular complexity index is 584. The van der Waals surface area contributed by atoms with Gasteiger partial charge in [-0.25, -0.2) is 0 Å². The van der Waals surface area contributed by atoms with Crippen LogP contribution in [0.1, 0.15) is 23.0 Å². The quantitative estimate of drug-likeness (QED) is 0.916. The third-order valence-corrected chi connectivity index (χ3v) is 3.06. The van der Waals surface area contributed by atoms with Gasteiger partial charge < -0.3 is 10.5 Å². The number of para-hydroxylation sites is 1. The van der Waals surface area contributed by atoms with Crippen LogP contribution in [0.2, 0.25) is 0 Å². The predicted octanol–water partition coefficient (Wildman–Crippen LogP) is 2.57. The summed E-state index contributed by atoms with van der Waals surface area (Å²) in [4.78, 5) is 0. The van der Waals surface area contributed by atoms with Crippen molar-refractivity contribution in [1.29, 1.82) is 0 Å². The first kappa shape index (κ1) is 14.5. The number of alkyl halides is 2. The molecule has 1 heterocycles. The SMILES string of the molecule is Cc1cc(CC(N)c2ccccc2OC(F)F)n(C)n1.